The summed E-state index contributed by atoms with van der Waals surface area (Å²) in [7, 11) is 0. The van der Waals surface area contributed by atoms with Crippen LogP contribution in [0.2, 0.25) is 0 Å². The smallest absolute Gasteiger partial charge is 0.263 e. The summed E-state index contributed by atoms with van der Waals surface area (Å²) >= 11 is 1.08. The van der Waals surface area contributed by atoms with Gasteiger partial charge in [0.2, 0.25) is 5.78 Å². The number of aromatic nitrogens is 1. The van der Waals surface area contributed by atoms with Crippen molar-refractivity contribution >= 4 is 33.8 Å². The highest BCUT2D eigenvalue weighted by Gasteiger charge is 2.22. The number of carbonyl (C=O) groups excluding carboxylic acids is 2. The van der Waals surface area contributed by atoms with Gasteiger partial charge >= 0.3 is 0 Å². The first-order chi connectivity index (χ1) is 16.5. The Labute approximate surface area is 206 Å². The lowest BCUT2D eigenvalue weighted by Gasteiger charge is -2.06. The molecular weight excluding hydrogens is 444 g/mol. The first-order valence-corrected chi connectivity index (χ1v) is 13.4. The van der Waals surface area contributed by atoms with E-state index in [0.29, 0.717) is 22.5 Å². The molecule has 0 bridgehead atoms. The molecule has 6 heteroatoms. The van der Waals surface area contributed by atoms with Gasteiger partial charge in [0.15, 0.2) is 5.01 Å². The van der Waals surface area contributed by atoms with Crippen LogP contribution in [0, 0.1) is 6.92 Å². The lowest BCUT2D eigenvalue weighted by atomic mass is 10.0. The van der Waals surface area contributed by atoms with E-state index in [2.05, 4.69) is 17.2 Å². The Morgan fingerprint density at radius 1 is 0.912 bits per heavy atom. The van der Waals surface area contributed by atoms with E-state index < -0.39 is 0 Å². The van der Waals surface area contributed by atoms with Crippen LogP contribution >= 0.6 is 11.3 Å². The topological polar surface area (TPSA) is 79.3 Å². The van der Waals surface area contributed by atoms with Gasteiger partial charge in [-0.05, 0) is 24.8 Å². The number of amides is 1. The summed E-state index contributed by atoms with van der Waals surface area (Å²) in [5.41, 5.74) is 0.735. The third-order valence-electron chi connectivity index (χ3n) is 6.16. The fourth-order valence-electron chi connectivity index (χ4n) is 4.15. The second-order valence-corrected chi connectivity index (χ2v) is 9.88. The Morgan fingerprint density at radius 3 is 2.26 bits per heavy atom. The van der Waals surface area contributed by atoms with Crippen LogP contribution < -0.4 is 5.32 Å². The number of aryl methyl sites for hydroxylation is 1. The van der Waals surface area contributed by atoms with Crippen molar-refractivity contribution in [3.63, 3.8) is 0 Å². The van der Waals surface area contributed by atoms with E-state index in [1.807, 2.05) is 24.3 Å². The summed E-state index contributed by atoms with van der Waals surface area (Å²) < 4.78 is 0. The predicted molar refractivity (Wildman–Crippen MR) is 140 cm³/mol. The largest absolute Gasteiger partial charge is 0.507 e. The van der Waals surface area contributed by atoms with Crippen molar-refractivity contribution in [2.75, 3.05) is 6.54 Å². The number of fused-ring (bicyclic) bond motifs is 1. The number of nitrogens with zero attached hydrogens (tertiary/aromatic N) is 1. The lowest BCUT2D eigenvalue weighted by molar-refractivity contribution is 0.0955. The molecule has 0 radical (unpaired) electrons. The van der Waals surface area contributed by atoms with Gasteiger partial charge in [-0.25, -0.2) is 4.98 Å². The summed E-state index contributed by atoms with van der Waals surface area (Å²) in [6.07, 6.45) is 12.5. The maximum Gasteiger partial charge on any atom is 0.263 e. The molecule has 34 heavy (non-hydrogen) atoms. The molecule has 1 heterocycles. The first-order valence-electron chi connectivity index (χ1n) is 12.5. The van der Waals surface area contributed by atoms with Gasteiger partial charge in [-0.1, -0.05) is 95.0 Å². The SMILES string of the molecule is CCCCCCCCCCCCNC(=O)c1sc(C(=O)c2ccc3ccccc3c2O)nc1C. The number of ketones is 1. The predicted octanol–water partition coefficient (Wildman–Crippen LogP) is 7.19. The second-order valence-electron chi connectivity index (χ2n) is 8.88. The van der Waals surface area contributed by atoms with Crippen molar-refractivity contribution in [2.24, 2.45) is 0 Å². The van der Waals surface area contributed by atoms with Gasteiger partial charge in [-0.15, -0.1) is 11.3 Å². The lowest BCUT2D eigenvalue weighted by Crippen LogP contribution is -2.24. The van der Waals surface area contributed by atoms with E-state index >= 15 is 0 Å². The molecule has 3 rings (SSSR count). The van der Waals surface area contributed by atoms with Gasteiger partial charge in [-0.3, -0.25) is 9.59 Å². The van der Waals surface area contributed by atoms with Gasteiger partial charge in [0.1, 0.15) is 10.6 Å². The number of nitrogens with one attached hydrogen (secondary N) is 1. The summed E-state index contributed by atoms with van der Waals surface area (Å²) in [5, 5.41) is 15.3. The van der Waals surface area contributed by atoms with E-state index in [-0.39, 0.29) is 28.0 Å². The maximum atomic E-state index is 13.0. The van der Waals surface area contributed by atoms with E-state index in [0.717, 1.165) is 29.6 Å². The van der Waals surface area contributed by atoms with Gasteiger partial charge in [0, 0.05) is 11.9 Å². The molecule has 1 amide bonds. The normalized spacial score (nSPS) is 11.1. The minimum absolute atomic E-state index is 0.0529. The van der Waals surface area contributed by atoms with Crippen LogP contribution in [0.15, 0.2) is 36.4 Å². The molecule has 0 atom stereocenters. The van der Waals surface area contributed by atoms with Crippen molar-refractivity contribution in [2.45, 2.75) is 78.1 Å². The molecule has 0 unspecified atom stereocenters. The quantitative estimate of drug-likeness (QED) is 0.189. The number of rotatable bonds is 14. The van der Waals surface area contributed by atoms with Crippen molar-refractivity contribution < 1.29 is 14.7 Å². The molecule has 1 aromatic heterocycles. The zero-order valence-electron chi connectivity index (χ0n) is 20.4. The van der Waals surface area contributed by atoms with Crippen LogP contribution in [0.1, 0.15) is 102 Å². The fraction of sp³-hybridized carbons (Fsp3) is 0.464. The zero-order valence-corrected chi connectivity index (χ0v) is 21.2. The van der Waals surface area contributed by atoms with Crippen molar-refractivity contribution in [3.8, 4) is 5.75 Å². The van der Waals surface area contributed by atoms with Crippen LogP contribution in [-0.2, 0) is 0 Å². The van der Waals surface area contributed by atoms with Crippen LogP contribution in [-0.4, -0.2) is 28.3 Å². The molecule has 0 fully saturated rings. The maximum absolute atomic E-state index is 13.0. The minimum atomic E-state index is -0.370. The number of phenols is 1. The standard InChI is InChI=1S/C28H36N2O3S/c1-3-4-5-6-7-8-9-10-11-14-19-29-27(33)26-20(2)30-28(34-26)25(32)23-18-17-21-15-12-13-16-22(21)24(23)31/h12-13,15-18,31H,3-11,14,19H2,1-2H3,(H,29,33). The summed E-state index contributed by atoms with van der Waals surface area (Å²) in [6, 6.07) is 10.8. The number of thiazole rings is 1. The second kappa shape index (κ2) is 13.2. The highest BCUT2D eigenvalue weighted by molar-refractivity contribution is 7.15. The Hall–Kier alpha value is -2.73. The van der Waals surface area contributed by atoms with Gasteiger partial charge in [0.25, 0.3) is 5.91 Å². The molecule has 0 aliphatic rings. The Balaban J connectivity index is 1.47. The van der Waals surface area contributed by atoms with E-state index in [1.54, 1.807) is 19.1 Å². The minimum Gasteiger partial charge on any atom is -0.507 e. The molecular formula is C28H36N2O3S. The van der Waals surface area contributed by atoms with Crippen LogP contribution in [0.4, 0.5) is 0 Å². The van der Waals surface area contributed by atoms with Crippen LogP contribution in [0.3, 0.4) is 0 Å². The van der Waals surface area contributed by atoms with E-state index in [1.165, 1.54) is 51.4 Å². The molecule has 182 valence electrons. The number of benzene rings is 2. The van der Waals surface area contributed by atoms with E-state index in [9.17, 15) is 14.7 Å². The molecule has 0 aliphatic carbocycles. The van der Waals surface area contributed by atoms with Crippen molar-refractivity contribution in [1.82, 2.24) is 10.3 Å². The Bertz CT molecular complexity index is 1110. The molecule has 0 saturated carbocycles. The highest BCUT2D eigenvalue weighted by atomic mass is 32.1. The van der Waals surface area contributed by atoms with Crippen LogP contribution in [0.5, 0.6) is 5.75 Å². The highest BCUT2D eigenvalue weighted by Crippen LogP contribution is 2.31. The zero-order chi connectivity index (χ0) is 24.3. The van der Waals surface area contributed by atoms with Crippen molar-refractivity contribution in [3.05, 3.63) is 57.5 Å². The van der Waals surface area contributed by atoms with Crippen LogP contribution in [0.25, 0.3) is 10.8 Å². The number of hydrogen-bond acceptors (Lipinski definition) is 5. The number of hydrogen-bond donors (Lipinski definition) is 2. The third kappa shape index (κ3) is 6.89. The van der Waals surface area contributed by atoms with Gasteiger partial charge in [0.05, 0.1) is 11.3 Å². The average Bonchev–Trinajstić information content (AvgIpc) is 3.24. The molecule has 5 nitrogen and oxygen atoms in total. The summed E-state index contributed by atoms with van der Waals surface area (Å²) in [5.74, 6) is -0.610. The number of aromatic hydroxyl groups is 1. The summed E-state index contributed by atoms with van der Waals surface area (Å²) in [4.78, 5) is 30.4. The number of unbranched alkanes of at least 4 members (excludes halogenated alkanes) is 9. The molecule has 2 aromatic carbocycles. The summed E-state index contributed by atoms with van der Waals surface area (Å²) in [6.45, 7) is 4.61. The molecule has 0 aliphatic heterocycles. The average molecular weight is 481 g/mol. The Morgan fingerprint density at radius 2 is 1.56 bits per heavy atom. The number of phenolic OH excluding ortho intramolecular Hbond substituents is 1. The van der Waals surface area contributed by atoms with E-state index in [4.69, 9.17) is 0 Å². The number of carbonyl (C=O) groups is 2. The van der Waals surface area contributed by atoms with Gasteiger partial charge in [-0.2, -0.15) is 0 Å². The molecule has 2 N–H and O–H groups in total. The first kappa shape index (κ1) is 25.9. The fourth-order valence-corrected chi connectivity index (χ4v) is 5.09. The van der Waals surface area contributed by atoms with Crippen molar-refractivity contribution in [1.29, 1.82) is 0 Å². The van der Waals surface area contributed by atoms with Gasteiger partial charge < -0.3 is 10.4 Å². The molecule has 0 saturated heterocycles. The monoisotopic (exact) mass is 480 g/mol. The Kier molecular flexibility index (Phi) is 10.1. The third-order valence-corrected chi connectivity index (χ3v) is 7.31. The molecule has 0 spiro atoms. The molecule has 3 aromatic rings.